The van der Waals surface area contributed by atoms with Gasteiger partial charge in [0.1, 0.15) is 0 Å². The Hall–Kier alpha value is -1.08. The topological polar surface area (TPSA) is 41.1 Å². The summed E-state index contributed by atoms with van der Waals surface area (Å²) in [5.41, 5.74) is -0.631. The van der Waals surface area contributed by atoms with Crippen LogP contribution in [0.4, 0.5) is 18.9 Å². The Kier molecular flexibility index (Phi) is 4.70. The zero-order valence-electron chi connectivity index (χ0n) is 10.6. The quantitative estimate of drug-likeness (QED) is 0.858. The normalized spacial score (nSPS) is 19.7. The van der Waals surface area contributed by atoms with Gasteiger partial charge in [-0.3, -0.25) is 4.79 Å². The van der Waals surface area contributed by atoms with E-state index in [0.717, 1.165) is 31.5 Å². The number of piperidine rings is 1. The summed E-state index contributed by atoms with van der Waals surface area (Å²) >= 11 is 3.15. The van der Waals surface area contributed by atoms with Crippen molar-refractivity contribution in [3.8, 4) is 0 Å². The molecule has 1 heterocycles. The summed E-state index contributed by atoms with van der Waals surface area (Å²) in [5, 5.41) is 5.67. The predicted octanol–water partition coefficient (Wildman–Crippen LogP) is 3.41. The fraction of sp³-hybridized carbons (Fsp3) is 0.462. The van der Waals surface area contributed by atoms with Gasteiger partial charge in [-0.25, -0.2) is 0 Å². The number of halogens is 4. The molecule has 1 saturated heterocycles. The van der Waals surface area contributed by atoms with Crippen molar-refractivity contribution in [2.45, 2.75) is 19.0 Å². The molecule has 1 aromatic rings. The second-order valence-corrected chi connectivity index (χ2v) is 5.58. The Morgan fingerprint density at radius 2 is 2.15 bits per heavy atom. The van der Waals surface area contributed by atoms with Crippen LogP contribution in [0.15, 0.2) is 22.7 Å². The molecule has 3 nitrogen and oxygen atoms in total. The number of amides is 1. The second-order valence-electron chi connectivity index (χ2n) is 4.72. The van der Waals surface area contributed by atoms with E-state index in [1.807, 2.05) is 0 Å². The van der Waals surface area contributed by atoms with Crippen molar-refractivity contribution in [2.75, 3.05) is 18.4 Å². The Labute approximate surface area is 123 Å². The van der Waals surface area contributed by atoms with Crippen molar-refractivity contribution in [1.29, 1.82) is 0 Å². The first kappa shape index (κ1) is 15.3. The summed E-state index contributed by atoms with van der Waals surface area (Å²) in [4.78, 5) is 12.0. The Morgan fingerprint density at radius 1 is 1.40 bits per heavy atom. The van der Waals surface area contributed by atoms with E-state index in [-0.39, 0.29) is 17.5 Å². The lowest BCUT2D eigenvalue weighted by Gasteiger charge is -2.22. The molecule has 2 rings (SSSR count). The van der Waals surface area contributed by atoms with Crippen molar-refractivity contribution in [3.05, 3.63) is 28.2 Å². The van der Waals surface area contributed by atoms with E-state index in [1.165, 1.54) is 6.07 Å². The lowest BCUT2D eigenvalue weighted by atomic mass is 9.99. The van der Waals surface area contributed by atoms with E-state index in [9.17, 15) is 18.0 Å². The molecule has 2 N–H and O–H groups in total. The van der Waals surface area contributed by atoms with Crippen molar-refractivity contribution >= 4 is 27.5 Å². The molecule has 0 aromatic heterocycles. The SMILES string of the molecule is O=C(Nc1cc(C(F)(F)F)ccc1Br)[C@@H]1CCCNC1. The van der Waals surface area contributed by atoms with Crippen LogP contribution in [-0.4, -0.2) is 19.0 Å². The lowest BCUT2D eigenvalue weighted by Crippen LogP contribution is -2.37. The maximum absolute atomic E-state index is 12.7. The van der Waals surface area contributed by atoms with Gasteiger partial charge in [-0.2, -0.15) is 13.2 Å². The largest absolute Gasteiger partial charge is 0.416 e. The van der Waals surface area contributed by atoms with Crippen LogP contribution in [0.2, 0.25) is 0 Å². The van der Waals surface area contributed by atoms with Gasteiger partial charge in [0.15, 0.2) is 0 Å². The van der Waals surface area contributed by atoms with Gasteiger partial charge in [-0.05, 0) is 53.5 Å². The van der Waals surface area contributed by atoms with E-state index < -0.39 is 11.7 Å². The molecule has 1 fully saturated rings. The smallest absolute Gasteiger partial charge is 0.325 e. The molecule has 0 radical (unpaired) electrons. The van der Waals surface area contributed by atoms with Crippen molar-refractivity contribution in [2.24, 2.45) is 5.92 Å². The summed E-state index contributed by atoms with van der Waals surface area (Å²) < 4.78 is 38.4. The molecule has 110 valence electrons. The number of nitrogens with one attached hydrogen (secondary N) is 2. The van der Waals surface area contributed by atoms with Crippen molar-refractivity contribution in [1.82, 2.24) is 5.32 Å². The molecule has 1 aliphatic heterocycles. The number of anilines is 1. The molecule has 0 spiro atoms. The fourth-order valence-electron chi connectivity index (χ4n) is 2.11. The maximum atomic E-state index is 12.7. The Balaban J connectivity index is 2.13. The molecular formula is C13H14BrF3N2O. The Bertz CT molecular complexity index is 499. The van der Waals surface area contributed by atoms with Gasteiger partial charge in [-0.15, -0.1) is 0 Å². The van der Waals surface area contributed by atoms with Gasteiger partial charge in [0.2, 0.25) is 5.91 Å². The average Bonchev–Trinajstić information content (AvgIpc) is 2.41. The summed E-state index contributed by atoms with van der Waals surface area (Å²) in [7, 11) is 0. The summed E-state index contributed by atoms with van der Waals surface area (Å²) in [5.74, 6) is -0.456. The number of carbonyl (C=O) groups is 1. The van der Waals surface area contributed by atoms with Crippen LogP contribution in [0.1, 0.15) is 18.4 Å². The molecule has 0 bridgehead atoms. The van der Waals surface area contributed by atoms with Gasteiger partial charge in [0, 0.05) is 11.0 Å². The maximum Gasteiger partial charge on any atom is 0.416 e. The van der Waals surface area contributed by atoms with Gasteiger partial charge in [0.25, 0.3) is 0 Å². The molecule has 1 aromatic carbocycles. The highest BCUT2D eigenvalue weighted by Crippen LogP contribution is 2.34. The highest BCUT2D eigenvalue weighted by atomic mass is 79.9. The molecule has 0 aliphatic carbocycles. The minimum atomic E-state index is -4.42. The molecule has 1 amide bonds. The molecule has 1 atom stereocenters. The van der Waals surface area contributed by atoms with Gasteiger partial charge < -0.3 is 10.6 Å². The fourth-order valence-corrected chi connectivity index (χ4v) is 2.45. The summed E-state index contributed by atoms with van der Waals surface area (Å²) in [6, 6.07) is 3.21. The van der Waals surface area contributed by atoms with E-state index in [0.29, 0.717) is 11.0 Å². The third-order valence-corrected chi connectivity index (χ3v) is 3.91. The molecule has 0 unspecified atom stereocenters. The number of hydrogen-bond acceptors (Lipinski definition) is 2. The number of alkyl halides is 3. The first-order valence-corrected chi connectivity index (χ1v) is 7.05. The first-order chi connectivity index (χ1) is 9.38. The van der Waals surface area contributed by atoms with E-state index in [1.54, 1.807) is 0 Å². The van der Waals surface area contributed by atoms with E-state index in [2.05, 4.69) is 26.6 Å². The van der Waals surface area contributed by atoms with Crippen LogP contribution < -0.4 is 10.6 Å². The van der Waals surface area contributed by atoms with Crippen molar-refractivity contribution < 1.29 is 18.0 Å². The molecule has 20 heavy (non-hydrogen) atoms. The summed E-state index contributed by atoms with van der Waals surface area (Å²) in [6.45, 7) is 1.43. The molecule has 7 heteroatoms. The van der Waals surface area contributed by atoms with E-state index >= 15 is 0 Å². The average molecular weight is 351 g/mol. The molecule has 0 saturated carbocycles. The number of benzene rings is 1. The number of hydrogen-bond donors (Lipinski definition) is 2. The van der Waals surface area contributed by atoms with Gasteiger partial charge >= 0.3 is 6.18 Å². The molecular weight excluding hydrogens is 337 g/mol. The first-order valence-electron chi connectivity index (χ1n) is 6.26. The highest BCUT2D eigenvalue weighted by molar-refractivity contribution is 9.10. The summed E-state index contributed by atoms with van der Waals surface area (Å²) in [6.07, 6.45) is -2.79. The zero-order valence-corrected chi connectivity index (χ0v) is 12.1. The minimum absolute atomic E-state index is 0.149. The van der Waals surface area contributed by atoms with Gasteiger partial charge in [0.05, 0.1) is 17.2 Å². The van der Waals surface area contributed by atoms with Crippen LogP contribution in [0, 0.1) is 5.92 Å². The highest BCUT2D eigenvalue weighted by Gasteiger charge is 2.31. The van der Waals surface area contributed by atoms with Crippen LogP contribution in [0.5, 0.6) is 0 Å². The Morgan fingerprint density at radius 3 is 2.75 bits per heavy atom. The monoisotopic (exact) mass is 350 g/mol. The predicted molar refractivity (Wildman–Crippen MR) is 73.4 cm³/mol. The van der Waals surface area contributed by atoms with Crippen molar-refractivity contribution in [3.63, 3.8) is 0 Å². The molecule has 1 aliphatic rings. The van der Waals surface area contributed by atoms with Crippen LogP contribution in [-0.2, 0) is 11.0 Å². The lowest BCUT2D eigenvalue weighted by molar-refractivity contribution is -0.137. The van der Waals surface area contributed by atoms with Gasteiger partial charge in [-0.1, -0.05) is 0 Å². The second kappa shape index (κ2) is 6.13. The minimum Gasteiger partial charge on any atom is -0.325 e. The third-order valence-electron chi connectivity index (χ3n) is 3.22. The third kappa shape index (κ3) is 3.73. The number of carbonyl (C=O) groups excluding carboxylic acids is 1. The van der Waals surface area contributed by atoms with Crippen LogP contribution in [0.3, 0.4) is 0 Å². The number of rotatable bonds is 2. The zero-order chi connectivity index (χ0) is 14.8. The van der Waals surface area contributed by atoms with E-state index in [4.69, 9.17) is 0 Å². The van der Waals surface area contributed by atoms with Crippen LogP contribution >= 0.6 is 15.9 Å². The van der Waals surface area contributed by atoms with Crippen LogP contribution in [0.25, 0.3) is 0 Å². The standard InChI is InChI=1S/C13H14BrF3N2O/c14-10-4-3-9(13(15,16)17)6-11(10)19-12(20)8-2-1-5-18-7-8/h3-4,6,8,18H,1-2,5,7H2,(H,19,20)/t8-/m1/s1.